The van der Waals surface area contributed by atoms with Gasteiger partial charge in [0.15, 0.2) is 0 Å². The molecule has 4 heteroatoms. The molecule has 1 fully saturated rings. The van der Waals surface area contributed by atoms with E-state index >= 15 is 0 Å². The van der Waals surface area contributed by atoms with Crippen LogP contribution in [-0.2, 0) is 9.47 Å². The zero-order chi connectivity index (χ0) is 13.1. The highest BCUT2D eigenvalue weighted by Crippen LogP contribution is 2.38. The molecule has 0 aliphatic carbocycles. The lowest BCUT2D eigenvalue weighted by Crippen LogP contribution is -2.44. The second kappa shape index (κ2) is 5.83. The number of rotatable bonds is 5. The van der Waals surface area contributed by atoms with Gasteiger partial charge < -0.3 is 14.8 Å². The number of ether oxygens (including phenoxy) is 2. The molecular formula is C15H21NO2S. The Hall–Kier alpha value is -0.550. The number of hydrogen-bond acceptors (Lipinski definition) is 4. The average Bonchev–Trinajstić information content (AvgIpc) is 3.07. The predicted molar refractivity (Wildman–Crippen MR) is 78.0 cm³/mol. The van der Waals surface area contributed by atoms with Gasteiger partial charge in [-0.15, -0.1) is 11.8 Å². The van der Waals surface area contributed by atoms with Gasteiger partial charge in [-0.2, -0.15) is 0 Å². The second-order valence-electron chi connectivity index (χ2n) is 5.37. The molecule has 0 saturated carbocycles. The molecule has 3 nitrogen and oxygen atoms in total. The molecule has 2 unspecified atom stereocenters. The van der Waals surface area contributed by atoms with E-state index in [1.54, 1.807) is 7.11 Å². The zero-order valence-corrected chi connectivity index (χ0v) is 12.2. The largest absolute Gasteiger partial charge is 0.378 e. The molecule has 2 heterocycles. The van der Waals surface area contributed by atoms with Crippen molar-refractivity contribution in [3.63, 3.8) is 0 Å². The average molecular weight is 279 g/mol. The molecule has 0 bridgehead atoms. The SMILES string of the molecule is COC1(CNCC2CSc3ccccc32)CCOC1. The van der Waals surface area contributed by atoms with E-state index in [1.165, 1.54) is 16.2 Å². The van der Waals surface area contributed by atoms with Crippen LogP contribution in [-0.4, -0.2) is 44.8 Å². The molecule has 3 rings (SSSR count). The molecule has 0 radical (unpaired) electrons. The third-order valence-corrected chi connectivity index (χ3v) is 5.39. The van der Waals surface area contributed by atoms with Crippen LogP contribution in [0.15, 0.2) is 29.2 Å². The minimum atomic E-state index is -0.106. The lowest BCUT2D eigenvalue weighted by atomic mass is 10.00. The van der Waals surface area contributed by atoms with Crippen LogP contribution in [0.5, 0.6) is 0 Å². The summed E-state index contributed by atoms with van der Waals surface area (Å²) in [6.07, 6.45) is 0.993. The first-order valence-electron chi connectivity index (χ1n) is 6.88. The Morgan fingerprint density at radius 3 is 3.16 bits per heavy atom. The Labute approximate surface area is 119 Å². The minimum absolute atomic E-state index is 0.106. The third kappa shape index (κ3) is 2.82. The van der Waals surface area contributed by atoms with E-state index in [0.717, 1.165) is 26.1 Å². The van der Waals surface area contributed by atoms with Gasteiger partial charge in [-0.25, -0.2) is 0 Å². The summed E-state index contributed by atoms with van der Waals surface area (Å²) < 4.78 is 11.1. The quantitative estimate of drug-likeness (QED) is 0.895. The maximum absolute atomic E-state index is 5.64. The maximum Gasteiger partial charge on any atom is 0.106 e. The Bertz CT molecular complexity index is 432. The van der Waals surface area contributed by atoms with Crippen LogP contribution in [0.2, 0.25) is 0 Å². The van der Waals surface area contributed by atoms with Gasteiger partial charge in [-0.1, -0.05) is 18.2 Å². The van der Waals surface area contributed by atoms with Crippen molar-refractivity contribution < 1.29 is 9.47 Å². The summed E-state index contributed by atoms with van der Waals surface area (Å²) >= 11 is 1.97. The number of benzene rings is 1. The lowest BCUT2D eigenvalue weighted by molar-refractivity contribution is -0.0157. The van der Waals surface area contributed by atoms with Crippen molar-refractivity contribution in [2.75, 3.05) is 39.2 Å². The standard InChI is InChI=1S/C15H21NO2S/c1-17-15(6-7-18-11-15)10-16-8-12-9-19-14-5-3-2-4-13(12)14/h2-5,12,16H,6-11H2,1H3. The van der Waals surface area contributed by atoms with Gasteiger partial charge in [0.2, 0.25) is 0 Å². The molecule has 2 atom stereocenters. The van der Waals surface area contributed by atoms with E-state index < -0.39 is 0 Å². The van der Waals surface area contributed by atoms with Crippen LogP contribution in [0.3, 0.4) is 0 Å². The molecule has 0 aromatic heterocycles. The number of hydrogen-bond donors (Lipinski definition) is 1. The minimum Gasteiger partial charge on any atom is -0.378 e. The third-order valence-electron chi connectivity index (χ3n) is 4.14. The van der Waals surface area contributed by atoms with Crippen LogP contribution in [0.4, 0.5) is 0 Å². The van der Waals surface area contributed by atoms with Gasteiger partial charge in [-0.05, 0) is 11.6 Å². The molecular weight excluding hydrogens is 258 g/mol. The lowest BCUT2D eigenvalue weighted by Gasteiger charge is -2.26. The van der Waals surface area contributed by atoms with Crippen LogP contribution in [0.1, 0.15) is 17.9 Å². The summed E-state index contributed by atoms with van der Waals surface area (Å²) in [5.74, 6) is 1.81. The summed E-state index contributed by atoms with van der Waals surface area (Å²) in [5, 5.41) is 3.58. The van der Waals surface area contributed by atoms with Crippen molar-refractivity contribution >= 4 is 11.8 Å². The Morgan fingerprint density at radius 2 is 2.37 bits per heavy atom. The smallest absolute Gasteiger partial charge is 0.106 e. The summed E-state index contributed by atoms with van der Waals surface area (Å²) in [4.78, 5) is 1.44. The molecule has 1 aromatic rings. The van der Waals surface area contributed by atoms with Crippen molar-refractivity contribution in [1.29, 1.82) is 0 Å². The fourth-order valence-corrected chi connectivity index (χ4v) is 4.09. The fourth-order valence-electron chi connectivity index (χ4n) is 2.83. The summed E-state index contributed by atoms with van der Waals surface area (Å²) in [5.41, 5.74) is 1.39. The van der Waals surface area contributed by atoms with Gasteiger partial charge in [0, 0.05) is 49.8 Å². The molecule has 2 aliphatic rings. The summed E-state index contributed by atoms with van der Waals surface area (Å²) in [6.45, 7) is 3.44. The van der Waals surface area contributed by atoms with E-state index in [9.17, 15) is 0 Å². The van der Waals surface area contributed by atoms with Crippen molar-refractivity contribution in [1.82, 2.24) is 5.32 Å². The van der Waals surface area contributed by atoms with Crippen molar-refractivity contribution in [2.45, 2.75) is 22.8 Å². The molecule has 104 valence electrons. The monoisotopic (exact) mass is 279 g/mol. The van der Waals surface area contributed by atoms with Crippen LogP contribution in [0, 0.1) is 0 Å². The van der Waals surface area contributed by atoms with E-state index in [-0.39, 0.29) is 5.60 Å². The van der Waals surface area contributed by atoms with Crippen molar-refractivity contribution in [3.05, 3.63) is 29.8 Å². The van der Waals surface area contributed by atoms with Gasteiger partial charge in [-0.3, -0.25) is 0 Å². The highest BCUT2D eigenvalue weighted by molar-refractivity contribution is 7.99. The van der Waals surface area contributed by atoms with Gasteiger partial charge in [0.25, 0.3) is 0 Å². The molecule has 1 N–H and O–H groups in total. The highest BCUT2D eigenvalue weighted by atomic mass is 32.2. The summed E-state index contributed by atoms with van der Waals surface area (Å²) in [6, 6.07) is 8.74. The Morgan fingerprint density at radius 1 is 1.47 bits per heavy atom. The number of nitrogens with one attached hydrogen (secondary N) is 1. The van der Waals surface area contributed by atoms with E-state index in [2.05, 4.69) is 29.6 Å². The van der Waals surface area contributed by atoms with Crippen LogP contribution >= 0.6 is 11.8 Å². The molecule has 1 aromatic carbocycles. The fraction of sp³-hybridized carbons (Fsp3) is 0.600. The number of thioether (sulfide) groups is 1. The molecule has 2 aliphatic heterocycles. The highest BCUT2D eigenvalue weighted by Gasteiger charge is 2.34. The normalized spacial score (nSPS) is 29.6. The van der Waals surface area contributed by atoms with Gasteiger partial charge in [0.1, 0.15) is 5.60 Å². The first-order valence-corrected chi connectivity index (χ1v) is 7.87. The number of methoxy groups -OCH3 is 1. The Balaban J connectivity index is 1.54. The van der Waals surface area contributed by atoms with Crippen LogP contribution in [0.25, 0.3) is 0 Å². The van der Waals surface area contributed by atoms with Crippen LogP contribution < -0.4 is 5.32 Å². The first kappa shape index (κ1) is 13.4. The van der Waals surface area contributed by atoms with E-state index in [4.69, 9.17) is 9.47 Å². The van der Waals surface area contributed by atoms with E-state index in [1.807, 2.05) is 11.8 Å². The summed E-state index contributed by atoms with van der Waals surface area (Å²) in [7, 11) is 1.79. The van der Waals surface area contributed by atoms with Gasteiger partial charge >= 0.3 is 0 Å². The van der Waals surface area contributed by atoms with Gasteiger partial charge in [0.05, 0.1) is 6.61 Å². The molecule has 0 amide bonds. The second-order valence-corrected chi connectivity index (χ2v) is 6.43. The molecule has 1 saturated heterocycles. The maximum atomic E-state index is 5.64. The van der Waals surface area contributed by atoms with Crippen molar-refractivity contribution in [3.8, 4) is 0 Å². The number of fused-ring (bicyclic) bond motifs is 1. The zero-order valence-electron chi connectivity index (χ0n) is 11.4. The Kier molecular flexibility index (Phi) is 4.12. The molecule has 0 spiro atoms. The van der Waals surface area contributed by atoms with E-state index in [0.29, 0.717) is 12.5 Å². The van der Waals surface area contributed by atoms with Crippen molar-refractivity contribution in [2.24, 2.45) is 0 Å². The predicted octanol–water partition coefficient (Wildman–Crippen LogP) is 2.27. The first-order chi connectivity index (χ1) is 9.33. The topological polar surface area (TPSA) is 30.5 Å². The molecule has 19 heavy (non-hydrogen) atoms.